The normalized spacial score (nSPS) is 15.4. The quantitative estimate of drug-likeness (QED) is 0.770. The molecule has 0 atom stereocenters. The number of anilines is 1. The molecule has 2 aromatic heterocycles. The third-order valence-electron chi connectivity index (χ3n) is 4.39. The van der Waals surface area contributed by atoms with Crippen LogP contribution in [-0.4, -0.2) is 53.6 Å². The number of carbonyl (C=O) groups excluding carboxylic acids is 1. The van der Waals surface area contributed by atoms with Crippen LogP contribution in [0, 0.1) is 13.8 Å². The number of esters is 1. The zero-order valence-corrected chi connectivity index (χ0v) is 15.0. The first-order valence-electron chi connectivity index (χ1n) is 8.60. The number of nitrogens with zero attached hydrogens (tertiary/aromatic N) is 4. The first-order chi connectivity index (χ1) is 12.1. The summed E-state index contributed by atoms with van der Waals surface area (Å²) >= 11 is 0. The van der Waals surface area contributed by atoms with Crippen molar-refractivity contribution in [3.8, 4) is 0 Å². The standard InChI is InChI=1S/C18H24N4O3/c1-4-24-18(23)15-6-5-7-19-17(15)22-10-8-21(9-11-22)12-16-20-13(2)14(3)25-16/h5-7H,4,8-12H2,1-3H3. The molecule has 7 heteroatoms. The van der Waals surface area contributed by atoms with E-state index in [1.165, 1.54) is 0 Å². The van der Waals surface area contributed by atoms with Crippen molar-refractivity contribution < 1.29 is 13.9 Å². The van der Waals surface area contributed by atoms with Crippen LogP contribution in [-0.2, 0) is 11.3 Å². The molecule has 0 unspecified atom stereocenters. The Labute approximate surface area is 147 Å². The molecule has 134 valence electrons. The van der Waals surface area contributed by atoms with Gasteiger partial charge in [-0.3, -0.25) is 4.90 Å². The van der Waals surface area contributed by atoms with Gasteiger partial charge in [0.25, 0.3) is 0 Å². The third-order valence-corrected chi connectivity index (χ3v) is 4.39. The summed E-state index contributed by atoms with van der Waals surface area (Å²) in [6.45, 7) is 10.1. The summed E-state index contributed by atoms with van der Waals surface area (Å²) in [5.74, 6) is 2.01. The molecule has 25 heavy (non-hydrogen) atoms. The highest BCUT2D eigenvalue weighted by Crippen LogP contribution is 2.21. The number of piperazine rings is 1. The molecule has 0 radical (unpaired) electrons. The lowest BCUT2D eigenvalue weighted by Gasteiger charge is -2.35. The molecule has 0 N–H and O–H groups in total. The van der Waals surface area contributed by atoms with Crippen molar-refractivity contribution in [2.24, 2.45) is 0 Å². The van der Waals surface area contributed by atoms with Crippen molar-refractivity contribution in [2.75, 3.05) is 37.7 Å². The van der Waals surface area contributed by atoms with Gasteiger partial charge in [0.2, 0.25) is 5.89 Å². The number of oxazole rings is 1. The second-order valence-corrected chi connectivity index (χ2v) is 6.11. The van der Waals surface area contributed by atoms with Crippen molar-refractivity contribution in [3.05, 3.63) is 41.2 Å². The summed E-state index contributed by atoms with van der Waals surface area (Å²) in [5, 5.41) is 0. The highest BCUT2D eigenvalue weighted by atomic mass is 16.5. The Morgan fingerprint density at radius 2 is 2.04 bits per heavy atom. The Morgan fingerprint density at radius 1 is 1.28 bits per heavy atom. The smallest absolute Gasteiger partial charge is 0.341 e. The van der Waals surface area contributed by atoms with Crippen LogP contribution < -0.4 is 4.90 Å². The van der Waals surface area contributed by atoms with Gasteiger partial charge in [-0.05, 0) is 32.9 Å². The van der Waals surface area contributed by atoms with Crippen LogP contribution >= 0.6 is 0 Å². The van der Waals surface area contributed by atoms with E-state index in [9.17, 15) is 4.79 Å². The summed E-state index contributed by atoms with van der Waals surface area (Å²) in [6, 6.07) is 3.53. The molecule has 0 aliphatic carbocycles. The van der Waals surface area contributed by atoms with E-state index < -0.39 is 0 Å². The Bertz CT molecular complexity index is 716. The fourth-order valence-corrected chi connectivity index (χ4v) is 2.93. The average molecular weight is 344 g/mol. The molecule has 1 saturated heterocycles. The topological polar surface area (TPSA) is 71.7 Å². The van der Waals surface area contributed by atoms with Gasteiger partial charge in [-0.1, -0.05) is 0 Å². The van der Waals surface area contributed by atoms with Crippen LogP contribution in [0.25, 0.3) is 0 Å². The Morgan fingerprint density at radius 3 is 2.68 bits per heavy atom. The summed E-state index contributed by atoms with van der Waals surface area (Å²) in [5.41, 5.74) is 1.47. The number of aromatic nitrogens is 2. The van der Waals surface area contributed by atoms with Crippen LogP contribution in [0.1, 0.15) is 34.6 Å². The lowest BCUT2D eigenvalue weighted by molar-refractivity contribution is 0.0526. The largest absolute Gasteiger partial charge is 0.462 e. The molecule has 3 rings (SSSR count). The zero-order valence-electron chi connectivity index (χ0n) is 15.0. The minimum absolute atomic E-state index is 0.321. The maximum Gasteiger partial charge on any atom is 0.341 e. The lowest BCUT2D eigenvalue weighted by Crippen LogP contribution is -2.46. The first-order valence-corrected chi connectivity index (χ1v) is 8.60. The van der Waals surface area contributed by atoms with E-state index in [2.05, 4.69) is 19.8 Å². The van der Waals surface area contributed by atoms with E-state index in [1.54, 1.807) is 25.3 Å². The highest BCUT2D eigenvalue weighted by Gasteiger charge is 2.24. The molecule has 0 spiro atoms. The van der Waals surface area contributed by atoms with E-state index in [4.69, 9.17) is 9.15 Å². The van der Waals surface area contributed by atoms with Crippen molar-refractivity contribution in [3.63, 3.8) is 0 Å². The second kappa shape index (κ2) is 7.65. The second-order valence-electron chi connectivity index (χ2n) is 6.11. The molecule has 1 aliphatic heterocycles. The monoisotopic (exact) mass is 344 g/mol. The van der Waals surface area contributed by atoms with Crippen LogP contribution in [0.5, 0.6) is 0 Å². The predicted molar refractivity (Wildman–Crippen MR) is 93.7 cm³/mol. The minimum atomic E-state index is -0.321. The van der Waals surface area contributed by atoms with Gasteiger partial charge in [0.1, 0.15) is 17.1 Å². The molecular weight excluding hydrogens is 320 g/mol. The molecule has 1 aliphatic rings. The molecule has 7 nitrogen and oxygen atoms in total. The predicted octanol–water partition coefficient (Wildman–Crippen LogP) is 2.19. The third kappa shape index (κ3) is 3.99. The fraction of sp³-hybridized carbons (Fsp3) is 0.500. The number of carbonyl (C=O) groups is 1. The van der Waals surface area contributed by atoms with Crippen LogP contribution in [0.4, 0.5) is 5.82 Å². The number of rotatable bonds is 5. The van der Waals surface area contributed by atoms with Crippen molar-refractivity contribution in [1.82, 2.24) is 14.9 Å². The number of pyridine rings is 1. The summed E-state index contributed by atoms with van der Waals surface area (Å²) in [4.78, 5) is 25.4. The Balaban J connectivity index is 1.63. The van der Waals surface area contributed by atoms with Crippen LogP contribution in [0.2, 0.25) is 0 Å². The Hall–Kier alpha value is -2.41. The van der Waals surface area contributed by atoms with Gasteiger partial charge >= 0.3 is 5.97 Å². The summed E-state index contributed by atoms with van der Waals surface area (Å²) in [7, 11) is 0. The van der Waals surface area contributed by atoms with Crippen molar-refractivity contribution >= 4 is 11.8 Å². The number of hydrogen-bond donors (Lipinski definition) is 0. The first kappa shape index (κ1) is 17.4. The van der Waals surface area contributed by atoms with Crippen molar-refractivity contribution in [2.45, 2.75) is 27.3 Å². The maximum absolute atomic E-state index is 12.1. The van der Waals surface area contributed by atoms with E-state index in [0.29, 0.717) is 24.5 Å². The number of hydrogen-bond acceptors (Lipinski definition) is 7. The van der Waals surface area contributed by atoms with Gasteiger partial charge in [-0.2, -0.15) is 0 Å². The highest BCUT2D eigenvalue weighted by molar-refractivity contribution is 5.94. The van der Waals surface area contributed by atoms with E-state index in [1.807, 2.05) is 13.8 Å². The maximum atomic E-state index is 12.1. The molecule has 0 bridgehead atoms. The molecule has 0 aromatic carbocycles. The molecule has 0 saturated carbocycles. The Kier molecular flexibility index (Phi) is 5.33. The molecule has 1 fully saturated rings. The van der Waals surface area contributed by atoms with Gasteiger partial charge in [0.15, 0.2) is 0 Å². The number of aryl methyl sites for hydroxylation is 2. The molecule has 0 amide bonds. The van der Waals surface area contributed by atoms with Crippen molar-refractivity contribution in [1.29, 1.82) is 0 Å². The van der Waals surface area contributed by atoms with E-state index >= 15 is 0 Å². The summed E-state index contributed by atoms with van der Waals surface area (Å²) < 4.78 is 10.8. The average Bonchev–Trinajstić information content (AvgIpc) is 2.93. The molecule has 2 aromatic rings. The van der Waals surface area contributed by atoms with Crippen LogP contribution in [0.15, 0.2) is 22.7 Å². The fourth-order valence-electron chi connectivity index (χ4n) is 2.93. The van der Waals surface area contributed by atoms with Gasteiger partial charge in [0, 0.05) is 32.4 Å². The number of ether oxygens (including phenoxy) is 1. The van der Waals surface area contributed by atoms with E-state index in [-0.39, 0.29) is 5.97 Å². The minimum Gasteiger partial charge on any atom is -0.462 e. The SMILES string of the molecule is CCOC(=O)c1cccnc1N1CCN(Cc2nc(C)c(C)o2)CC1. The van der Waals surface area contributed by atoms with Gasteiger partial charge in [0.05, 0.1) is 18.8 Å². The van der Waals surface area contributed by atoms with Gasteiger partial charge < -0.3 is 14.1 Å². The van der Waals surface area contributed by atoms with Crippen LogP contribution in [0.3, 0.4) is 0 Å². The van der Waals surface area contributed by atoms with Gasteiger partial charge in [-0.15, -0.1) is 0 Å². The molecular formula is C18H24N4O3. The van der Waals surface area contributed by atoms with Gasteiger partial charge in [-0.25, -0.2) is 14.8 Å². The lowest BCUT2D eigenvalue weighted by atomic mass is 10.2. The molecule has 3 heterocycles. The zero-order chi connectivity index (χ0) is 17.8. The summed E-state index contributed by atoms with van der Waals surface area (Å²) in [6.07, 6.45) is 1.71. The van der Waals surface area contributed by atoms with E-state index in [0.717, 1.165) is 43.5 Å².